The predicted octanol–water partition coefficient (Wildman–Crippen LogP) is 5.19. The third kappa shape index (κ3) is 2.42. The number of benzene rings is 1. The summed E-state index contributed by atoms with van der Waals surface area (Å²) in [4.78, 5) is 29.9. The van der Waals surface area contributed by atoms with Gasteiger partial charge in [-0.1, -0.05) is 23.2 Å². The van der Waals surface area contributed by atoms with E-state index in [4.69, 9.17) is 98.5 Å². The highest BCUT2D eigenvalue weighted by molar-refractivity contribution is 6.66. The molecule has 5 aliphatic rings. The van der Waals surface area contributed by atoms with E-state index in [1.54, 1.807) is 12.1 Å². The van der Waals surface area contributed by atoms with Gasteiger partial charge in [0.2, 0.25) is 23.1 Å². The number of rotatable bonds is 4. The summed E-state index contributed by atoms with van der Waals surface area (Å²) in [5, 5.41) is 0.604. The molecule has 0 radical (unpaired) electrons. The number of ketones is 2. The van der Waals surface area contributed by atoms with E-state index >= 15 is 0 Å². The lowest BCUT2D eigenvalue weighted by atomic mass is 9.59. The molecule has 0 spiro atoms. The Balaban J connectivity index is 1.49. The molecule has 7 rings (SSSR count). The van der Waals surface area contributed by atoms with E-state index in [9.17, 15) is 9.59 Å². The van der Waals surface area contributed by atoms with Crippen LogP contribution in [-0.4, -0.2) is 71.3 Å². The molecule has 4 bridgehead atoms. The first kappa shape index (κ1) is 28.3. The summed E-state index contributed by atoms with van der Waals surface area (Å²) in [6.45, 7) is 0. The number of Topliss-reactive ketones (excluding diaryl/α,β-unsaturated/α-hetero) is 2. The normalized spacial score (nSPS) is 43.4. The van der Waals surface area contributed by atoms with Crippen molar-refractivity contribution in [2.24, 2.45) is 23.7 Å². The molecule has 2 aromatic rings. The van der Waals surface area contributed by atoms with Gasteiger partial charge in [0.15, 0.2) is 9.75 Å². The van der Waals surface area contributed by atoms with Crippen LogP contribution in [0.15, 0.2) is 12.1 Å². The van der Waals surface area contributed by atoms with E-state index in [-0.39, 0.29) is 12.8 Å². The minimum atomic E-state index is -1.89. The molecule has 0 unspecified atom stereocenters. The molecule has 40 heavy (non-hydrogen) atoms. The van der Waals surface area contributed by atoms with Crippen LogP contribution in [0.1, 0.15) is 24.2 Å². The quantitative estimate of drug-likeness (QED) is 0.249. The van der Waals surface area contributed by atoms with Gasteiger partial charge in [-0.05, 0) is 48.6 Å². The summed E-state index contributed by atoms with van der Waals surface area (Å²) >= 11 is 42.2. The standard InChI is InChI=1S/C26H22Cl6N2O6/c1-37-25(38-2)21(29)9-5-11-12(24(32)20(36)19(35)23(11,31)26(24,39-3)40-4)6-10(9)22(25,30)18-17(21)33-15-7-13(27)14(28)8-16(15)34-18/h7-12H,5-6H2,1-4H3/t9-,10+,11+,12-,21-,22+,23+,24-. The minimum Gasteiger partial charge on any atom is -0.349 e. The third-order valence-corrected chi connectivity index (χ3v) is 13.9. The number of carbonyl (C=O) groups excluding carboxylic acids is 2. The largest absolute Gasteiger partial charge is 0.349 e. The Bertz CT molecular complexity index is 1450. The smallest absolute Gasteiger partial charge is 0.227 e. The molecule has 1 heterocycles. The van der Waals surface area contributed by atoms with Crippen molar-refractivity contribution in [1.82, 2.24) is 9.97 Å². The Morgan fingerprint density at radius 2 is 0.925 bits per heavy atom. The summed E-state index contributed by atoms with van der Waals surface area (Å²) in [7, 11) is 5.56. The molecule has 8 nitrogen and oxygen atoms in total. The number of hydrogen-bond donors (Lipinski definition) is 0. The van der Waals surface area contributed by atoms with Crippen LogP contribution in [0.25, 0.3) is 11.0 Å². The fraction of sp³-hybridized carbons (Fsp3) is 0.615. The highest BCUT2D eigenvalue weighted by Gasteiger charge is 2.93. The lowest BCUT2D eigenvalue weighted by Gasteiger charge is -2.48. The van der Waals surface area contributed by atoms with Gasteiger partial charge in [-0.25, -0.2) is 9.97 Å². The maximum atomic E-state index is 13.4. The number of hydrogen-bond acceptors (Lipinski definition) is 8. The van der Waals surface area contributed by atoms with Crippen LogP contribution in [-0.2, 0) is 38.3 Å². The number of carbonyl (C=O) groups is 2. The molecule has 8 atom stereocenters. The minimum absolute atomic E-state index is 0.230. The van der Waals surface area contributed by atoms with Crippen molar-refractivity contribution in [2.75, 3.05) is 28.4 Å². The first-order chi connectivity index (χ1) is 18.8. The van der Waals surface area contributed by atoms with Crippen molar-refractivity contribution >= 4 is 92.2 Å². The highest BCUT2D eigenvalue weighted by atomic mass is 35.5. The van der Waals surface area contributed by atoms with Gasteiger partial charge in [0.05, 0.1) is 32.5 Å². The zero-order valence-electron chi connectivity index (χ0n) is 21.5. The van der Waals surface area contributed by atoms with Gasteiger partial charge in [-0.2, -0.15) is 0 Å². The van der Waals surface area contributed by atoms with Crippen molar-refractivity contribution in [2.45, 2.75) is 43.9 Å². The Kier molecular flexibility index (Phi) is 5.75. The van der Waals surface area contributed by atoms with E-state index in [0.717, 1.165) is 0 Å². The SMILES string of the molecule is COC1(OC)[C@@]2(Cl)C(=O)C(=O)[C@]1(Cl)[C@@H]1C[C@H]3[C@@H](C[C@@H]12)[C@@]1(Cl)c2nc4cc(Cl)c(Cl)cc4nc2[C@]3(Cl)C1(OC)OC. The molecule has 1 aromatic carbocycles. The lowest BCUT2D eigenvalue weighted by Crippen LogP contribution is -2.57. The van der Waals surface area contributed by atoms with Gasteiger partial charge in [-0.15, -0.1) is 46.4 Å². The van der Waals surface area contributed by atoms with E-state index < -0.39 is 66.3 Å². The molecule has 4 fully saturated rings. The van der Waals surface area contributed by atoms with Crippen LogP contribution < -0.4 is 0 Å². The van der Waals surface area contributed by atoms with E-state index in [1.165, 1.54) is 28.4 Å². The zero-order valence-corrected chi connectivity index (χ0v) is 26.0. The van der Waals surface area contributed by atoms with Crippen LogP contribution in [0.5, 0.6) is 0 Å². The van der Waals surface area contributed by atoms with Crippen molar-refractivity contribution < 1.29 is 28.5 Å². The summed E-state index contributed by atoms with van der Waals surface area (Å²) in [6, 6.07) is 3.21. The summed E-state index contributed by atoms with van der Waals surface area (Å²) < 4.78 is 23.7. The van der Waals surface area contributed by atoms with E-state index in [0.29, 0.717) is 32.5 Å². The first-order valence-corrected chi connectivity index (χ1v) is 14.8. The summed E-state index contributed by atoms with van der Waals surface area (Å²) in [5.74, 6) is -7.48. The van der Waals surface area contributed by atoms with Crippen LogP contribution >= 0.6 is 69.6 Å². The average molecular weight is 671 g/mol. The topological polar surface area (TPSA) is 96.8 Å². The number of nitrogens with zero attached hydrogens (tertiary/aromatic N) is 2. The Hall–Kier alpha value is -0.520. The fourth-order valence-corrected chi connectivity index (χ4v) is 12.0. The third-order valence-electron chi connectivity index (χ3n) is 10.4. The van der Waals surface area contributed by atoms with Crippen molar-refractivity contribution in [3.05, 3.63) is 33.6 Å². The molecule has 1 aromatic heterocycles. The molecule has 0 aliphatic heterocycles. The predicted molar refractivity (Wildman–Crippen MR) is 148 cm³/mol. The average Bonchev–Trinajstić information content (AvgIpc) is 3.36. The number of halogens is 6. The Morgan fingerprint density at radius 1 is 0.625 bits per heavy atom. The monoisotopic (exact) mass is 668 g/mol. The Labute approximate surface area is 259 Å². The van der Waals surface area contributed by atoms with E-state index in [1.807, 2.05) is 0 Å². The van der Waals surface area contributed by atoms with Crippen LogP contribution in [0.2, 0.25) is 10.0 Å². The molecule has 214 valence electrons. The summed E-state index contributed by atoms with van der Waals surface area (Å²) in [6.07, 6.45) is 0.460. The van der Waals surface area contributed by atoms with Crippen LogP contribution in [0.3, 0.4) is 0 Å². The Morgan fingerprint density at radius 3 is 1.25 bits per heavy atom. The van der Waals surface area contributed by atoms with E-state index in [2.05, 4.69) is 0 Å². The van der Waals surface area contributed by atoms with Gasteiger partial charge in [0.1, 0.15) is 9.75 Å². The van der Waals surface area contributed by atoms with Crippen LogP contribution in [0.4, 0.5) is 0 Å². The van der Waals surface area contributed by atoms with Crippen molar-refractivity contribution in [1.29, 1.82) is 0 Å². The summed E-state index contributed by atoms with van der Waals surface area (Å²) in [5.41, 5.74) is 1.66. The zero-order chi connectivity index (χ0) is 29.0. The van der Waals surface area contributed by atoms with Crippen LogP contribution in [0, 0.1) is 23.7 Å². The second kappa shape index (κ2) is 8.14. The number of alkyl halides is 4. The molecule has 5 aliphatic carbocycles. The maximum Gasteiger partial charge on any atom is 0.227 e. The van der Waals surface area contributed by atoms with Crippen molar-refractivity contribution in [3.8, 4) is 0 Å². The highest BCUT2D eigenvalue weighted by Crippen LogP contribution is 2.82. The second-order valence-electron chi connectivity index (χ2n) is 11.1. The molecule has 0 amide bonds. The second-order valence-corrected chi connectivity index (χ2v) is 14.3. The maximum absolute atomic E-state index is 13.4. The molecular weight excluding hydrogens is 649 g/mol. The molecule has 0 saturated heterocycles. The number of methoxy groups -OCH3 is 4. The van der Waals surface area contributed by atoms with Gasteiger partial charge in [0, 0.05) is 28.4 Å². The van der Waals surface area contributed by atoms with Gasteiger partial charge >= 0.3 is 0 Å². The van der Waals surface area contributed by atoms with Gasteiger partial charge < -0.3 is 18.9 Å². The number of aromatic nitrogens is 2. The van der Waals surface area contributed by atoms with Gasteiger partial charge in [0.25, 0.3) is 0 Å². The van der Waals surface area contributed by atoms with Gasteiger partial charge in [-0.3, -0.25) is 9.59 Å². The molecule has 0 N–H and O–H groups in total. The lowest BCUT2D eigenvalue weighted by molar-refractivity contribution is -0.238. The fourth-order valence-electron chi connectivity index (χ4n) is 9.01. The van der Waals surface area contributed by atoms with Crippen molar-refractivity contribution in [3.63, 3.8) is 0 Å². The molecule has 4 saturated carbocycles. The molecular formula is C26H22Cl6N2O6. The number of ether oxygens (including phenoxy) is 4. The number of fused-ring (bicyclic) bond motifs is 14. The molecule has 14 heteroatoms. The first-order valence-electron chi connectivity index (χ1n) is 12.5.